The predicted molar refractivity (Wildman–Crippen MR) is 75.6 cm³/mol. The monoisotopic (exact) mass is 265 g/mol. The lowest BCUT2D eigenvalue weighted by Gasteiger charge is -2.29. The SMILES string of the molecule is CNC(c1ccc(C)c(F)c1)C1C(C)OC(C)C1C. The normalized spacial score (nSPS) is 32.5. The highest BCUT2D eigenvalue weighted by Gasteiger charge is 2.41. The van der Waals surface area contributed by atoms with Gasteiger partial charge in [-0.15, -0.1) is 0 Å². The number of hydrogen-bond donors (Lipinski definition) is 1. The molecule has 19 heavy (non-hydrogen) atoms. The molecule has 0 amide bonds. The Kier molecular flexibility index (Phi) is 4.26. The van der Waals surface area contributed by atoms with Gasteiger partial charge in [0, 0.05) is 12.0 Å². The smallest absolute Gasteiger partial charge is 0.126 e. The van der Waals surface area contributed by atoms with Gasteiger partial charge in [-0.2, -0.15) is 0 Å². The third-order valence-electron chi connectivity index (χ3n) is 4.57. The molecule has 1 heterocycles. The fourth-order valence-corrected chi connectivity index (χ4v) is 3.25. The first-order valence-electron chi connectivity index (χ1n) is 7.04. The van der Waals surface area contributed by atoms with E-state index in [4.69, 9.17) is 4.74 Å². The molecule has 0 saturated carbocycles. The maximum atomic E-state index is 13.8. The van der Waals surface area contributed by atoms with Gasteiger partial charge in [-0.05, 0) is 50.9 Å². The highest BCUT2D eigenvalue weighted by Crippen LogP contribution is 2.40. The van der Waals surface area contributed by atoms with Crippen molar-refractivity contribution < 1.29 is 9.13 Å². The Morgan fingerprint density at radius 2 is 1.89 bits per heavy atom. The first-order valence-corrected chi connectivity index (χ1v) is 7.04. The number of ether oxygens (including phenoxy) is 1. The number of rotatable bonds is 3. The van der Waals surface area contributed by atoms with Crippen LogP contribution >= 0.6 is 0 Å². The van der Waals surface area contributed by atoms with Crippen molar-refractivity contribution in [2.45, 2.75) is 45.9 Å². The summed E-state index contributed by atoms with van der Waals surface area (Å²) in [4.78, 5) is 0. The fourth-order valence-electron chi connectivity index (χ4n) is 3.25. The Morgan fingerprint density at radius 1 is 1.21 bits per heavy atom. The number of hydrogen-bond acceptors (Lipinski definition) is 2. The fraction of sp³-hybridized carbons (Fsp3) is 0.625. The summed E-state index contributed by atoms with van der Waals surface area (Å²) in [5.41, 5.74) is 1.70. The second kappa shape index (κ2) is 5.59. The molecular formula is C16H24FNO. The second-order valence-electron chi connectivity index (χ2n) is 5.76. The van der Waals surface area contributed by atoms with E-state index >= 15 is 0 Å². The summed E-state index contributed by atoms with van der Waals surface area (Å²) in [6.07, 6.45) is 0.443. The maximum Gasteiger partial charge on any atom is 0.126 e. The average molecular weight is 265 g/mol. The lowest BCUT2D eigenvalue weighted by molar-refractivity contribution is 0.0478. The summed E-state index contributed by atoms with van der Waals surface area (Å²) >= 11 is 0. The van der Waals surface area contributed by atoms with Crippen molar-refractivity contribution in [3.05, 3.63) is 35.1 Å². The number of aryl methyl sites for hydroxylation is 1. The summed E-state index contributed by atoms with van der Waals surface area (Å²) in [7, 11) is 1.94. The lowest BCUT2D eigenvalue weighted by atomic mass is 9.80. The minimum atomic E-state index is -0.134. The van der Waals surface area contributed by atoms with Gasteiger partial charge in [0.1, 0.15) is 5.82 Å². The molecule has 0 spiro atoms. The summed E-state index contributed by atoms with van der Waals surface area (Å²) in [5.74, 6) is 0.684. The molecule has 1 saturated heterocycles. The molecule has 1 aliphatic heterocycles. The molecule has 1 fully saturated rings. The molecule has 1 N–H and O–H groups in total. The summed E-state index contributed by atoms with van der Waals surface area (Å²) in [5, 5.41) is 3.34. The highest BCUT2D eigenvalue weighted by molar-refractivity contribution is 5.27. The van der Waals surface area contributed by atoms with E-state index in [0.717, 1.165) is 5.56 Å². The van der Waals surface area contributed by atoms with Crippen LogP contribution in [0.15, 0.2) is 18.2 Å². The molecule has 5 atom stereocenters. The molecule has 2 nitrogen and oxygen atoms in total. The van der Waals surface area contributed by atoms with E-state index in [1.165, 1.54) is 0 Å². The van der Waals surface area contributed by atoms with E-state index in [1.807, 2.05) is 19.2 Å². The molecule has 0 aliphatic carbocycles. The molecule has 1 aromatic carbocycles. The number of nitrogens with one attached hydrogen (secondary N) is 1. The Bertz CT molecular complexity index is 448. The molecule has 3 heteroatoms. The van der Waals surface area contributed by atoms with Crippen LogP contribution in [0, 0.1) is 24.6 Å². The summed E-state index contributed by atoms with van der Waals surface area (Å²) < 4.78 is 19.7. The summed E-state index contributed by atoms with van der Waals surface area (Å²) in [6.45, 7) is 8.23. The zero-order valence-corrected chi connectivity index (χ0v) is 12.4. The van der Waals surface area contributed by atoms with E-state index in [0.29, 0.717) is 17.4 Å². The van der Waals surface area contributed by atoms with Crippen LogP contribution < -0.4 is 5.32 Å². The Hall–Kier alpha value is -0.930. The third-order valence-corrected chi connectivity index (χ3v) is 4.57. The van der Waals surface area contributed by atoms with Crippen LogP contribution in [0.1, 0.15) is 37.9 Å². The molecule has 5 unspecified atom stereocenters. The number of halogens is 1. The average Bonchev–Trinajstić information content (AvgIpc) is 2.61. The molecule has 0 aromatic heterocycles. The zero-order valence-electron chi connectivity index (χ0n) is 12.4. The predicted octanol–water partition coefficient (Wildman–Crippen LogP) is 3.45. The van der Waals surface area contributed by atoms with Crippen molar-refractivity contribution in [1.82, 2.24) is 5.32 Å². The van der Waals surface area contributed by atoms with Gasteiger partial charge >= 0.3 is 0 Å². The van der Waals surface area contributed by atoms with Crippen LogP contribution in [-0.2, 0) is 4.74 Å². The van der Waals surface area contributed by atoms with E-state index in [1.54, 1.807) is 13.0 Å². The van der Waals surface area contributed by atoms with E-state index in [-0.39, 0.29) is 24.1 Å². The minimum Gasteiger partial charge on any atom is -0.375 e. The minimum absolute atomic E-state index is 0.130. The molecule has 1 aliphatic rings. The Labute approximate surface area is 115 Å². The molecule has 2 rings (SSSR count). The summed E-state index contributed by atoms with van der Waals surface area (Å²) in [6, 6.07) is 5.65. The van der Waals surface area contributed by atoms with Gasteiger partial charge < -0.3 is 10.1 Å². The van der Waals surface area contributed by atoms with Gasteiger partial charge in [0.15, 0.2) is 0 Å². The first kappa shape index (κ1) is 14.5. The van der Waals surface area contributed by atoms with Crippen LogP contribution in [0.4, 0.5) is 4.39 Å². The van der Waals surface area contributed by atoms with Crippen molar-refractivity contribution in [2.24, 2.45) is 11.8 Å². The van der Waals surface area contributed by atoms with Gasteiger partial charge in [0.2, 0.25) is 0 Å². The Morgan fingerprint density at radius 3 is 2.37 bits per heavy atom. The van der Waals surface area contributed by atoms with Crippen LogP contribution in [0.25, 0.3) is 0 Å². The highest BCUT2D eigenvalue weighted by atomic mass is 19.1. The second-order valence-corrected chi connectivity index (χ2v) is 5.76. The van der Waals surface area contributed by atoms with Gasteiger partial charge in [-0.3, -0.25) is 0 Å². The van der Waals surface area contributed by atoms with Gasteiger partial charge in [0.25, 0.3) is 0 Å². The molecule has 1 aromatic rings. The van der Waals surface area contributed by atoms with Crippen molar-refractivity contribution in [3.8, 4) is 0 Å². The molecule has 0 radical (unpaired) electrons. The molecular weight excluding hydrogens is 241 g/mol. The largest absolute Gasteiger partial charge is 0.375 e. The molecule has 106 valence electrons. The van der Waals surface area contributed by atoms with Gasteiger partial charge in [0.05, 0.1) is 12.2 Å². The topological polar surface area (TPSA) is 21.3 Å². The molecule has 0 bridgehead atoms. The van der Waals surface area contributed by atoms with E-state index < -0.39 is 0 Å². The van der Waals surface area contributed by atoms with Crippen LogP contribution in [0.3, 0.4) is 0 Å². The first-order chi connectivity index (χ1) is 8.95. The quantitative estimate of drug-likeness (QED) is 0.903. The zero-order chi connectivity index (χ0) is 14.2. The van der Waals surface area contributed by atoms with E-state index in [9.17, 15) is 4.39 Å². The van der Waals surface area contributed by atoms with Crippen molar-refractivity contribution in [3.63, 3.8) is 0 Å². The third kappa shape index (κ3) is 2.67. The van der Waals surface area contributed by atoms with E-state index in [2.05, 4.69) is 26.1 Å². The maximum absolute atomic E-state index is 13.8. The van der Waals surface area contributed by atoms with Crippen LogP contribution in [0.2, 0.25) is 0 Å². The standard InChI is InChI=1S/C16H24FNO/c1-9-6-7-13(8-14(9)17)16(18-5)15-10(2)11(3)19-12(15)4/h6-8,10-12,15-16,18H,1-5H3. The van der Waals surface area contributed by atoms with Crippen molar-refractivity contribution in [2.75, 3.05) is 7.05 Å². The van der Waals surface area contributed by atoms with Crippen molar-refractivity contribution >= 4 is 0 Å². The van der Waals surface area contributed by atoms with Crippen LogP contribution in [-0.4, -0.2) is 19.3 Å². The van der Waals surface area contributed by atoms with Crippen LogP contribution in [0.5, 0.6) is 0 Å². The number of benzene rings is 1. The van der Waals surface area contributed by atoms with Gasteiger partial charge in [-0.1, -0.05) is 19.1 Å². The van der Waals surface area contributed by atoms with Crippen molar-refractivity contribution in [1.29, 1.82) is 0 Å². The lowest BCUT2D eigenvalue weighted by Crippen LogP contribution is -2.33. The Balaban J connectivity index is 2.31. The van der Waals surface area contributed by atoms with Gasteiger partial charge in [-0.25, -0.2) is 4.39 Å².